The van der Waals surface area contributed by atoms with Gasteiger partial charge in [0, 0.05) is 0 Å². The molecule has 0 aromatic heterocycles. The molecule has 0 amide bonds. The maximum Gasteiger partial charge on any atom is 0.381 e. The van der Waals surface area contributed by atoms with Gasteiger partial charge in [-0.15, -0.1) is 0 Å². The molecule has 0 saturated carbocycles. The van der Waals surface area contributed by atoms with E-state index in [0.717, 1.165) is 0 Å². The van der Waals surface area contributed by atoms with Crippen LogP contribution in [0.4, 0.5) is 26.3 Å². The van der Waals surface area contributed by atoms with Crippen LogP contribution >= 0.6 is 15.9 Å². The number of esters is 3. The molecule has 214 valence electrons. The van der Waals surface area contributed by atoms with Gasteiger partial charge in [0.25, 0.3) is 0 Å². The Hall–Kier alpha value is -3.01. The molecule has 0 aromatic carbocycles. The number of hydrogen-bond acceptors (Lipinski definition) is 9. The first-order valence-corrected chi connectivity index (χ1v) is 10.5. The van der Waals surface area contributed by atoms with Crippen LogP contribution < -0.4 is 0 Å². The lowest BCUT2D eigenvalue weighted by Crippen LogP contribution is -2.39. The van der Waals surface area contributed by atoms with E-state index < -0.39 is 46.5 Å². The van der Waals surface area contributed by atoms with Crippen LogP contribution in [0, 0.1) is 0 Å². The quantitative estimate of drug-likeness (QED) is 0.0703. The van der Waals surface area contributed by atoms with Crippen LogP contribution in [-0.2, 0) is 38.2 Å². The Morgan fingerprint density at radius 3 is 1.49 bits per heavy atom. The van der Waals surface area contributed by atoms with E-state index in [-0.39, 0.29) is 38.3 Å². The molecule has 0 aliphatic carbocycles. The molecule has 0 heterocycles. The highest BCUT2D eigenvalue weighted by atomic mass is 79.9. The lowest BCUT2D eigenvalue weighted by atomic mass is 10.2. The summed E-state index contributed by atoms with van der Waals surface area (Å²) in [6.07, 6.45) is -1.49. The number of Topliss-reactive ketones (excluding diaryl/α,β-unsaturated/α-hetero) is 1. The van der Waals surface area contributed by atoms with E-state index in [1.807, 2.05) is 15.9 Å². The average molecular weight is 617 g/mol. The molecule has 9 nitrogen and oxygen atoms in total. The summed E-state index contributed by atoms with van der Waals surface area (Å²) in [5.74, 6) is -13.0. The molecule has 0 radical (unpaired) electrons. The number of aliphatic hydroxyl groups excluding tert-OH is 1. The largest absolute Gasteiger partial charge is 0.464 e. The minimum Gasteiger partial charge on any atom is -0.464 e. The van der Waals surface area contributed by atoms with Crippen molar-refractivity contribution in [2.75, 3.05) is 19.8 Å². The third-order valence-electron chi connectivity index (χ3n) is 2.78. The van der Waals surface area contributed by atoms with Crippen LogP contribution in [0.1, 0.15) is 20.8 Å². The molecule has 0 aliphatic heterocycles. The predicted molar refractivity (Wildman–Crippen MR) is 121 cm³/mol. The second-order valence-corrected chi connectivity index (χ2v) is 6.58. The number of ketones is 1. The lowest BCUT2D eigenvalue weighted by Gasteiger charge is -2.16. The molecule has 0 aromatic rings. The summed E-state index contributed by atoms with van der Waals surface area (Å²) in [6.45, 7) is 12.9. The molecule has 0 bridgehead atoms. The third kappa shape index (κ3) is 23.2. The number of halogens is 7. The first-order chi connectivity index (χ1) is 16.8. The highest BCUT2D eigenvalue weighted by molar-refractivity contribution is 9.10. The van der Waals surface area contributed by atoms with Crippen LogP contribution in [0.25, 0.3) is 0 Å². The van der Waals surface area contributed by atoms with Crippen molar-refractivity contribution in [2.45, 2.75) is 43.6 Å². The Kier molecular flexibility index (Phi) is 23.5. The number of carbonyl (C=O) groups is 5. The van der Waals surface area contributed by atoms with E-state index in [0.29, 0.717) is 6.08 Å². The van der Waals surface area contributed by atoms with Gasteiger partial charge in [-0.05, 0) is 54.9 Å². The summed E-state index contributed by atoms with van der Waals surface area (Å²) < 4.78 is 84.5. The fourth-order valence-electron chi connectivity index (χ4n) is 1.09. The van der Waals surface area contributed by atoms with Gasteiger partial charge in [-0.2, -0.15) is 26.3 Å². The standard InChI is InChI=1S/C7H10F2O3.C7H8F2O3.C4H6O3.C3H3BrF2/c2*1-3-7(8,9)5(10)6(11)12-4-2;1-2-7-4(6)3-5;1-2-3(4,5)6/h3,5,10H,1,4H2,2H3;3H,1,4H2,2H3;3H,2H2,1H3;2H,1H2. The van der Waals surface area contributed by atoms with Gasteiger partial charge in [0.05, 0.1) is 19.8 Å². The number of aliphatic hydroxyl groups is 1. The van der Waals surface area contributed by atoms with Crippen LogP contribution in [0.2, 0.25) is 0 Å². The number of carbonyl (C=O) groups excluding carboxylic acids is 5. The van der Waals surface area contributed by atoms with Gasteiger partial charge in [0.15, 0.2) is 0 Å². The van der Waals surface area contributed by atoms with Gasteiger partial charge in [-0.25, -0.2) is 14.4 Å². The zero-order valence-electron chi connectivity index (χ0n) is 20.0. The number of allylic oxidation sites excluding steroid dienone is 2. The number of alkyl halides is 7. The molecule has 0 rings (SSSR count). The Labute approximate surface area is 217 Å². The van der Waals surface area contributed by atoms with Crippen molar-refractivity contribution in [1.82, 2.24) is 0 Å². The molecule has 16 heteroatoms. The first kappa shape index (κ1) is 41.1. The van der Waals surface area contributed by atoms with Crippen molar-refractivity contribution in [2.24, 2.45) is 0 Å². The van der Waals surface area contributed by atoms with Gasteiger partial charge < -0.3 is 19.3 Å². The Morgan fingerprint density at radius 2 is 1.24 bits per heavy atom. The molecule has 37 heavy (non-hydrogen) atoms. The summed E-state index contributed by atoms with van der Waals surface area (Å²) in [5, 5.41) is 8.68. The van der Waals surface area contributed by atoms with Gasteiger partial charge in [-0.1, -0.05) is 19.7 Å². The van der Waals surface area contributed by atoms with Crippen LogP contribution in [0.3, 0.4) is 0 Å². The maximum absolute atomic E-state index is 12.5. The Morgan fingerprint density at radius 1 is 0.838 bits per heavy atom. The normalized spacial score (nSPS) is 11.1. The monoisotopic (exact) mass is 616 g/mol. The molecule has 0 saturated heterocycles. The van der Waals surface area contributed by atoms with Crippen molar-refractivity contribution < 1.29 is 69.6 Å². The molecule has 1 atom stereocenters. The summed E-state index contributed by atoms with van der Waals surface area (Å²) in [7, 11) is 0. The zero-order chi connectivity index (χ0) is 30.5. The second kappa shape index (κ2) is 21.1. The van der Waals surface area contributed by atoms with Gasteiger partial charge in [0.2, 0.25) is 12.4 Å². The van der Waals surface area contributed by atoms with E-state index >= 15 is 0 Å². The second-order valence-electron chi connectivity index (χ2n) is 5.53. The van der Waals surface area contributed by atoms with Gasteiger partial charge >= 0.3 is 40.4 Å². The van der Waals surface area contributed by atoms with E-state index in [1.54, 1.807) is 6.92 Å². The van der Waals surface area contributed by atoms with E-state index in [1.165, 1.54) is 13.8 Å². The van der Waals surface area contributed by atoms with E-state index in [9.17, 15) is 50.3 Å². The maximum atomic E-state index is 12.5. The summed E-state index contributed by atoms with van der Waals surface area (Å²) in [6, 6.07) is 0. The number of hydrogen-bond donors (Lipinski definition) is 1. The smallest absolute Gasteiger partial charge is 0.381 e. The molecule has 0 aliphatic rings. The summed E-state index contributed by atoms with van der Waals surface area (Å²) >= 11 is 2.03. The van der Waals surface area contributed by atoms with Crippen molar-refractivity contribution in [3.63, 3.8) is 0 Å². The van der Waals surface area contributed by atoms with Crippen molar-refractivity contribution in [3.05, 3.63) is 38.0 Å². The fourth-order valence-corrected chi connectivity index (χ4v) is 1.09. The van der Waals surface area contributed by atoms with Gasteiger partial charge in [0.1, 0.15) is 0 Å². The topological polar surface area (TPSA) is 133 Å². The number of aldehydes is 1. The fraction of sp³-hybridized carbons (Fsp3) is 0.476. The molecule has 0 spiro atoms. The molecule has 0 fully saturated rings. The molecular weight excluding hydrogens is 590 g/mol. The highest BCUT2D eigenvalue weighted by Crippen LogP contribution is 2.21. The van der Waals surface area contributed by atoms with E-state index in [2.05, 4.69) is 33.9 Å². The van der Waals surface area contributed by atoms with E-state index in [4.69, 9.17) is 5.11 Å². The summed E-state index contributed by atoms with van der Waals surface area (Å²) in [4.78, 5) is 47.8. The van der Waals surface area contributed by atoms with Crippen LogP contribution in [0.15, 0.2) is 38.0 Å². The molecular formula is C21H27BrF6O9. The molecule has 1 N–H and O–H groups in total. The predicted octanol–water partition coefficient (Wildman–Crippen LogP) is 3.58. The number of ether oxygens (including phenoxy) is 3. The number of rotatable bonds is 11. The Balaban J connectivity index is -0.000000205. The summed E-state index contributed by atoms with van der Waals surface area (Å²) in [5.41, 5.74) is 0. The lowest BCUT2D eigenvalue weighted by molar-refractivity contribution is -0.168. The van der Waals surface area contributed by atoms with Crippen molar-refractivity contribution >= 4 is 45.9 Å². The minimum absolute atomic E-state index is 0.0525. The molecule has 1 unspecified atom stereocenters. The SMILES string of the molecule is C=CC(F)(F)Br.C=CC(F)(F)C(=O)C(=O)OCC.C=CC(F)(F)C(O)C(=O)OCC.CCOC(=O)C=O. The van der Waals surface area contributed by atoms with Crippen LogP contribution in [0.5, 0.6) is 0 Å². The van der Waals surface area contributed by atoms with Gasteiger partial charge in [-0.3, -0.25) is 9.59 Å². The van der Waals surface area contributed by atoms with Crippen LogP contribution in [-0.4, -0.2) is 77.7 Å². The Bertz CT molecular complexity index is 768. The average Bonchev–Trinajstić information content (AvgIpc) is 2.84. The van der Waals surface area contributed by atoms with Crippen molar-refractivity contribution in [3.8, 4) is 0 Å². The van der Waals surface area contributed by atoms with Crippen molar-refractivity contribution in [1.29, 1.82) is 0 Å². The zero-order valence-corrected chi connectivity index (χ0v) is 21.6. The third-order valence-corrected chi connectivity index (χ3v) is 3.10. The highest BCUT2D eigenvalue weighted by Gasteiger charge is 2.41. The minimum atomic E-state index is -3.83. The first-order valence-electron chi connectivity index (χ1n) is 9.69.